The Hall–Kier alpha value is -2.87. The smallest absolute Gasteiger partial charge is 0.260 e. The van der Waals surface area contributed by atoms with Gasteiger partial charge < -0.3 is 4.74 Å². The molecule has 0 heterocycles. The van der Waals surface area contributed by atoms with Crippen molar-refractivity contribution in [3.05, 3.63) is 59.7 Å². The standard InChI is InChI=1S/C22H29N3O4S/c1-16(2)19-8-10-20(11-9-19)25(30(5,27)28)15-22(26)24-23-14-18-6-12-21(13-7-18)29-17(3)4/h6-14,16-17H,15H2,1-5H3,(H,24,26)/b23-14-. The predicted molar refractivity (Wildman–Crippen MR) is 121 cm³/mol. The Morgan fingerprint density at radius 3 is 2.17 bits per heavy atom. The zero-order valence-electron chi connectivity index (χ0n) is 18.0. The minimum atomic E-state index is -3.63. The molecule has 0 saturated carbocycles. The van der Waals surface area contributed by atoms with E-state index in [4.69, 9.17) is 4.74 Å². The van der Waals surface area contributed by atoms with Crippen molar-refractivity contribution in [2.75, 3.05) is 17.1 Å². The molecule has 0 aliphatic rings. The van der Waals surface area contributed by atoms with Crippen LogP contribution in [0.4, 0.5) is 5.69 Å². The number of carbonyl (C=O) groups is 1. The van der Waals surface area contributed by atoms with E-state index in [1.54, 1.807) is 12.1 Å². The number of amides is 1. The third-order valence-corrected chi connectivity index (χ3v) is 5.33. The van der Waals surface area contributed by atoms with E-state index in [1.165, 1.54) is 6.21 Å². The Morgan fingerprint density at radius 2 is 1.67 bits per heavy atom. The summed E-state index contributed by atoms with van der Waals surface area (Å²) in [5.41, 5.74) is 4.67. The maximum atomic E-state index is 12.3. The van der Waals surface area contributed by atoms with Crippen LogP contribution in [-0.2, 0) is 14.8 Å². The lowest BCUT2D eigenvalue weighted by molar-refractivity contribution is -0.119. The highest BCUT2D eigenvalue weighted by Crippen LogP contribution is 2.21. The highest BCUT2D eigenvalue weighted by atomic mass is 32.2. The first kappa shape index (κ1) is 23.4. The summed E-state index contributed by atoms with van der Waals surface area (Å²) < 4.78 is 31.0. The van der Waals surface area contributed by atoms with Crippen LogP contribution in [-0.4, -0.2) is 39.4 Å². The first-order valence-corrected chi connectivity index (χ1v) is 11.6. The van der Waals surface area contributed by atoms with Crippen molar-refractivity contribution in [1.29, 1.82) is 0 Å². The maximum absolute atomic E-state index is 12.3. The van der Waals surface area contributed by atoms with Crippen molar-refractivity contribution in [3.63, 3.8) is 0 Å². The fraction of sp³-hybridized carbons (Fsp3) is 0.364. The van der Waals surface area contributed by atoms with Crippen LogP contribution in [0.1, 0.15) is 44.7 Å². The molecule has 2 aromatic rings. The van der Waals surface area contributed by atoms with Crippen molar-refractivity contribution in [2.45, 2.75) is 39.7 Å². The van der Waals surface area contributed by atoms with Crippen LogP contribution in [0.5, 0.6) is 5.75 Å². The second kappa shape index (κ2) is 10.2. The third kappa shape index (κ3) is 7.18. The Bertz CT molecular complexity index is 966. The molecule has 0 atom stereocenters. The second-order valence-electron chi connectivity index (χ2n) is 7.54. The number of anilines is 1. The van der Waals surface area contributed by atoms with Gasteiger partial charge in [0.2, 0.25) is 10.0 Å². The summed E-state index contributed by atoms with van der Waals surface area (Å²) in [5, 5.41) is 3.91. The summed E-state index contributed by atoms with van der Waals surface area (Å²) in [7, 11) is -3.63. The fourth-order valence-electron chi connectivity index (χ4n) is 2.67. The topological polar surface area (TPSA) is 88.1 Å². The molecular formula is C22H29N3O4S. The SMILES string of the molecule is CC(C)Oc1ccc(/C=N\NC(=O)CN(c2ccc(C(C)C)cc2)S(C)(=O)=O)cc1. The minimum absolute atomic E-state index is 0.0863. The number of hydrogen-bond donors (Lipinski definition) is 1. The molecule has 1 amide bonds. The summed E-state index contributed by atoms with van der Waals surface area (Å²) in [6, 6.07) is 14.4. The molecular weight excluding hydrogens is 402 g/mol. The normalized spacial score (nSPS) is 11.8. The summed E-state index contributed by atoms with van der Waals surface area (Å²) in [6.45, 7) is 7.64. The number of carbonyl (C=O) groups excluding carboxylic acids is 1. The van der Waals surface area contributed by atoms with Gasteiger partial charge >= 0.3 is 0 Å². The predicted octanol–water partition coefficient (Wildman–Crippen LogP) is 3.51. The Kier molecular flexibility index (Phi) is 8.00. The zero-order chi connectivity index (χ0) is 22.3. The number of hydrogen-bond acceptors (Lipinski definition) is 5. The van der Waals surface area contributed by atoms with Crippen molar-refractivity contribution < 1.29 is 17.9 Å². The maximum Gasteiger partial charge on any atom is 0.260 e. The molecule has 0 bridgehead atoms. The van der Waals surface area contributed by atoms with E-state index in [0.29, 0.717) is 11.6 Å². The number of benzene rings is 2. The van der Waals surface area contributed by atoms with Gasteiger partial charge in [-0.25, -0.2) is 13.8 Å². The molecule has 2 rings (SSSR count). The van der Waals surface area contributed by atoms with E-state index in [0.717, 1.165) is 27.4 Å². The molecule has 7 nitrogen and oxygen atoms in total. The number of sulfonamides is 1. The van der Waals surface area contributed by atoms with Crippen molar-refractivity contribution in [2.24, 2.45) is 5.10 Å². The van der Waals surface area contributed by atoms with Crippen molar-refractivity contribution >= 4 is 27.8 Å². The van der Waals surface area contributed by atoms with Crippen LogP contribution in [0.3, 0.4) is 0 Å². The molecule has 0 aromatic heterocycles. The molecule has 0 aliphatic carbocycles. The number of nitrogens with zero attached hydrogens (tertiary/aromatic N) is 2. The molecule has 0 saturated heterocycles. The van der Waals surface area contributed by atoms with E-state index in [1.807, 2.05) is 50.2 Å². The average Bonchev–Trinajstić information content (AvgIpc) is 2.66. The molecule has 1 N–H and O–H groups in total. The molecule has 8 heteroatoms. The van der Waals surface area contributed by atoms with Crippen LogP contribution in [0, 0.1) is 0 Å². The highest BCUT2D eigenvalue weighted by Gasteiger charge is 2.20. The van der Waals surface area contributed by atoms with Crippen LogP contribution in [0.2, 0.25) is 0 Å². The molecule has 0 spiro atoms. The molecule has 0 aliphatic heterocycles. The van der Waals surface area contributed by atoms with Gasteiger partial charge in [0, 0.05) is 0 Å². The molecule has 2 aromatic carbocycles. The van der Waals surface area contributed by atoms with Crippen LogP contribution in [0.25, 0.3) is 0 Å². The van der Waals surface area contributed by atoms with E-state index >= 15 is 0 Å². The van der Waals surface area contributed by atoms with Crippen molar-refractivity contribution in [3.8, 4) is 5.75 Å². The number of nitrogens with one attached hydrogen (secondary N) is 1. The van der Waals surface area contributed by atoms with Crippen LogP contribution < -0.4 is 14.5 Å². The average molecular weight is 432 g/mol. The quantitative estimate of drug-likeness (QED) is 0.486. The summed E-state index contributed by atoms with van der Waals surface area (Å²) in [5.74, 6) is 0.539. The fourth-order valence-corrected chi connectivity index (χ4v) is 3.53. The van der Waals surface area contributed by atoms with Gasteiger partial charge in [-0.1, -0.05) is 26.0 Å². The number of hydrazone groups is 1. The van der Waals surface area contributed by atoms with Gasteiger partial charge in [0.25, 0.3) is 5.91 Å². The largest absolute Gasteiger partial charge is 0.491 e. The number of ether oxygens (including phenoxy) is 1. The lowest BCUT2D eigenvalue weighted by atomic mass is 10.0. The Morgan fingerprint density at radius 1 is 1.07 bits per heavy atom. The van der Waals surface area contributed by atoms with Gasteiger partial charge in [-0.15, -0.1) is 0 Å². The van der Waals surface area contributed by atoms with Crippen LogP contribution in [0.15, 0.2) is 53.6 Å². The molecule has 162 valence electrons. The zero-order valence-corrected chi connectivity index (χ0v) is 18.8. The Balaban J connectivity index is 2.01. The van der Waals surface area contributed by atoms with Crippen molar-refractivity contribution in [1.82, 2.24) is 5.43 Å². The molecule has 0 radical (unpaired) electrons. The van der Waals surface area contributed by atoms with E-state index < -0.39 is 15.9 Å². The van der Waals surface area contributed by atoms with Gasteiger partial charge in [0.1, 0.15) is 12.3 Å². The summed E-state index contributed by atoms with van der Waals surface area (Å²) >= 11 is 0. The molecule has 0 unspecified atom stereocenters. The van der Waals surface area contributed by atoms with Gasteiger partial charge in [-0.05, 0) is 67.3 Å². The summed E-state index contributed by atoms with van der Waals surface area (Å²) in [4.78, 5) is 12.3. The number of rotatable bonds is 9. The monoisotopic (exact) mass is 431 g/mol. The first-order valence-electron chi connectivity index (χ1n) is 9.72. The van der Waals surface area contributed by atoms with E-state index in [-0.39, 0.29) is 12.6 Å². The highest BCUT2D eigenvalue weighted by molar-refractivity contribution is 7.92. The summed E-state index contributed by atoms with van der Waals surface area (Å²) in [6.07, 6.45) is 2.64. The second-order valence-corrected chi connectivity index (χ2v) is 9.45. The van der Waals surface area contributed by atoms with Crippen LogP contribution >= 0.6 is 0 Å². The third-order valence-electron chi connectivity index (χ3n) is 4.19. The van der Waals surface area contributed by atoms with Gasteiger partial charge in [0.15, 0.2) is 0 Å². The minimum Gasteiger partial charge on any atom is -0.491 e. The lowest BCUT2D eigenvalue weighted by Gasteiger charge is -2.21. The molecule has 0 fully saturated rings. The molecule has 30 heavy (non-hydrogen) atoms. The van der Waals surface area contributed by atoms with E-state index in [9.17, 15) is 13.2 Å². The lowest BCUT2D eigenvalue weighted by Crippen LogP contribution is -2.39. The first-order chi connectivity index (χ1) is 14.1. The Labute approximate surface area is 178 Å². The van der Waals surface area contributed by atoms with Gasteiger partial charge in [-0.3, -0.25) is 9.10 Å². The van der Waals surface area contributed by atoms with E-state index in [2.05, 4.69) is 24.4 Å². The van der Waals surface area contributed by atoms with Gasteiger partial charge in [0.05, 0.1) is 24.3 Å². The van der Waals surface area contributed by atoms with Gasteiger partial charge in [-0.2, -0.15) is 5.10 Å².